The summed E-state index contributed by atoms with van der Waals surface area (Å²) >= 11 is 0. The first kappa shape index (κ1) is 13.4. The van der Waals surface area contributed by atoms with Crippen LogP contribution < -0.4 is 11.1 Å². The standard InChI is InChI=1S/C14H22N2O/c1-5-12(6-2)16-14-8-7-11(9-13(14)15)10(3)17-4/h7-9,12,16H,3,5-6,15H2,1-2,4H3. The summed E-state index contributed by atoms with van der Waals surface area (Å²) in [5.41, 5.74) is 8.64. The van der Waals surface area contributed by atoms with E-state index in [-0.39, 0.29) is 0 Å². The second-order valence-corrected chi connectivity index (χ2v) is 4.09. The molecule has 1 aromatic carbocycles. The molecule has 0 bridgehead atoms. The summed E-state index contributed by atoms with van der Waals surface area (Å²) in [6.07, 6.45) is 2.17. The molecule has 0 aromatic heterocycles. The fourth-order valence-corrected chi connectivity index (χ4v) is 1.70. The van der Waals surface area contributed by atoms with E-state index >= 15 is 0 Å². The Balaban J connectivity index is 2.86. The Morgan fingerprint density at radius 3 is 2.53 bits per heavy atom. The van der Waals surface area contributed by atoms with E-state index < -0.39 is 0 Å². The molecule has 0 saturated carbocycles. The van der Waals surface area contributed by atoms with Crippen LogP contribution in [0.3, 0.4) is 0 Å². The van der Waals surface area contributed by atoms with E-state index in [1.165, 1.54) is 0 Å². The molecular formula is C14H22N2O. The van der Waals surface area contributed by atoms with E-state index in [1.54, 1.807) is 7.11 Å². The highest BCUT2D eigenvalue weighted by Crippen LogP contribution is 2.25. The number of methoxy groups -OCH3 is 1. The fourth-order valence-electron chi connectivity index (χ4n) is 1.70. The first-order valence-corrected chi connectivity index (χ1v) is 6.01. The van der Waals surface area contributed by atoms with Crippen molar-refractivity contribution in [3.05, 3.63) is 30.3 Å². The van der Waals surface area contributed by atoms with Crippen LogP contribution in [0.4, 0.5) is 11.4 Å². The van der Waals surface area contributed by atoms with E-state index in [1.807, 2.05) is 18.2 Å². The van der Waals surface area contributed by atoms with Crippen molar-refractivity contribution < 1.29 is 4.74 Å². The van der Waals surface area contributed by atoms with Gasteiger partial charge in [0.05, 0.1) is 18.5 Å². The lowest BCUT2D eigenvalue weighted by atomic mass is 10.1. The highest BCUT2D eigenvalue weighted by atomic mass is 16.5. The van der Waals surface area contributed by atoms with Gasteiger partial charge in [0.1, 0.15) is 5.76 Å². The molecule has 0 saturated heterocycles. The average Bonchev–Trinajstić information content (AvgIpc) is 2.36. The lowest BCUT2D eigenvalue weighted by Gasteiger charge is -2.18. The molecule has 1 rings (SSSR count). The van der Waals surface area contributed by atoms with Crippen LogP contribution in [0.25, 0.3) is 5.76 Å². The van der Waals surface area contributed by atoms with Crippen molar-refractivity contribution in [1.29, 1.82) is 0 Å². The van der Waals surface area contributed by atoms with Crippen molar-refractivity contribution in [2.75, 3.05) is 18.2 Å². The number of nitrogens with two attached hydrogens (primary N) is 1. The molecule has 0 radical (unpaired) electrons. The second kappa shape index (κ2) is 6.18. The molecule has 3 N–H and O–H groups in total. The molecule has 0 aliphatic carbocycles. The molecule has 0 atom stereocenters. The summed E-state index contributed by atoms with van der Waals surface area (Å²) in [6, 6.07) is 6.30. The lowest BCUT2D eigenvalue weighted by molar-refractivity contribution is 0.371. The Hall–Kier alpha value is -1.64. The summed E-state index contributed by atoms with van der Waals surface area (Å²) in [5, 5.41) is 3.44. The number of rotatable bonds is 6. The average molecular weight is 234 g/mol. The summed E-state index contributed by atoms with van der Waals surface area (Å²) in [4.78, 5) is 0. The molecule has 0 fully saturated rings. The van der Waals surface area contributed by atoms with Crippen LogP contribution in [0.5, 0.6) is 0 Å². The predicted molar refractivity (Wildman–Crippen MR) is 74.9 cm³/mol. The predicted octanol–water partition coefficient (Wildman–Crippen LogP) is 3.49. The molecule has 0 aliphatic rings. The van der Waals surface area contributed by atoms with Crippen LogP contribution in [0.1, 0.15) is 32.3 Å². The molecule has 0 aliphatic heterocycles. The van der Waals surface area contributed by atoms with Crippen molar-refractivity contribution in [3.8, 4) is 0 Å². The van der Waals surface area contributed by atoms with Crippen LogP contribution in [-0.4, -0.2) is 13.2 Å². The van der Waals surface area contributed by atoms with Gasteiger partial charge in [-0.3, -0.25) is 0 Å². The van der Waals surface area contributed by atoms with E-state index in [2.05, 4.69) is 25.7 Å². The van der Waals surface area contributed by atoms with Crippen LogP contribution in [0.2, 0.25) is 0 Å². The van der Waals surface area contributed by atoms with Crippen LogP contribution >= 0.6 is 0 Å². The van der Waals surface area contributed by atoms with Crippen LogP contribution in [-0.2, 0) is 4.74 Å². The zero-order chi connectivity index (χ0) is 12.8. The number of nitrogens with one attached hydrogen (secondary N) is 1. The maximum Gasteiger partial charge on any atom is 0.118 e. The molecule has 0 unspecified atom stereocenters. The molecule has 94 valence electrons. The van der Waals surface area contributed by atoms with Gasteiger partial charge < -0.3 is 15.8 Å². The zero-order valence-electron chi connectivity index (χ0n) is 10.9. The minimum absolute atomic E-state index is 0.466. The minimum atomic E-state index is 0.466. The van der Waals surface area contributed by atoms with Gasteiger partial charge in [0.25, 0.3) is 0 Å². The quantitative estimate of drug-likeness (QED) is 0.585. The third-order valence-corrected chi connectivity index (χ3v) is 2.97. The van der Waals surface area contributed by atoms with Crippen molar-refractivity contribution in [2.45, 2.75) is 32.7 Å². The van der Waals surface area contributed by atoms with Gasteiger partial charge in [-0.05, 0) is 31.0 Å². The number of benzene rings is 1. The van der Waals surface area contributed by atoms with Crippen molar-refractivity contribution >= 4 is 17.1 Å². The number of hydrogen-bond acceptors (Lipinski definition) is 3. The number of ether oxygens (including phenoxy) is 1. The van der Waals surface area contributed by atoms with Gasteiger partial charge in [-0.25, -0.2) is 0 Å². The summed E-state index contributed by atoms with van der Waals surface area (Å²) < 4.78 is 5.08. The highest BCUT2D eigenvalue weighted by molar-refractivity contribution is 5.72. The third kappa shape index (κ3) is 3.41. The van der Waals surface area contributed by atoms with Crippen molar-refractivity contribution in [1.82, 2.24) is 0 Å². The molecule has 0 amide bonds. The monoisotopic (exact) mass is 234 g/mol. The van der Waals surface area contributed by atoms with Gasteiger partial charge in [-0.15, -0.1) is 0 Å². The second-order valence-electron chi connectivity index (χ2n) is 4.09. The lowest BCUT2D eigenvalue weighted by Crippen LogP contribution is -2.17. The highest BCUT2D eigenvalue weighted by Gasteiger charge is 2.07. The fraction of sp³-hybridized carbons (Fsp3) is 0.429. The van der Waals surface area contributed by atoms with E-state index in [9.17, 15) is 0 Å². The Kier molecular flexibility index (Phi) is 4.88. The van der Waals surface area contributed by atoms with Gasteiger partial charge in [0.2, 0.25) is 0 Å². The summed E-state index contributed by atoms with van der Waals surface area (Å²) in [7, 11) is 1.61. The first-order chi connectivity index (χ1) is 8.12. The molecule has 3 heteroatoms. The summed E-state index contributed by atoms with van der Waals surface area (Å²) in [6.45, 7) is 8.14. The topological polar surface area (TPSA) is 47.3 Å². The van der Waals surface area contributed by atoms with Crippen LogP contribution in [0, 0.1) is 0 Å². The number of nitrogen functional groups attached to an aromatic ring is 1. The Labute approximate surface area is 104 Å². The van der Waals surface area contributed by atoms with E-state index in [0.717, 1.165) is 29.8 Å². The van der Waals surface area contributed by atoms with Crippen molar-refractivity contribution in [3.63, 3.8) is 0 Å². The molecule has 0 heterocycles. The zero-order valence-corrected chi connectivity index (χ0v) is 10.9. The van der Waals surface area contributed by atoms with Crippen LogP contribution in [0.15, 0.2) is 24.8 Å². The van der Waals surface area contributed by atoms with Gasteiger partial charge >= 0.3 is 0 Å². The maximum atomic E-state index is 6.01. The summed E-state index contributed by atoms with van der Waals surface area (Å²) in [5.74, 6) is 0.630. The molecule has 3 nitrogen and oxygen atoms in total. The maximum absolute atomic E-state index is 6.01. The minimum Gasteiger partial charge on any atom is -0.497 e. The molecule has 17 heavy (non-hydrogen) atoms. The van der Waals surface area contributed by atoms with E-state index in [4.69, 9.17) is 10.5 Å². The Bertz CT molecular complexity index is 384. The van der Waals surface area contributed by atoms with E-state index in [0.29, 0.717) is 11.8 Å². The first-order valence-electron chi connectivity index (χ1n) is 6.01. The number of hydrogen-bond donors (Lipinski definition) is 2. The Morgan fingerprint density at radius 1 is 1.41 bits per heavy atom. The largest absolute Gasteiger partial charge is 0.497 e. The number of anilines is 2. The van der Waals surface area contributed by atoms with Crippen molar-refractivity contribution in [2.24, 2.45) is 0 Å². The molecular weight excluding hydrogens is 212 g/mol. The Morgan fingerprint density at radius 2 is 2.06 bits per heavy atom. The van der Waals surface area contributed by atoms with Gasteiger partial charge in [0, 0.05) is 11.6 Å². The molecule has 1 aromatic rings. The van der Waals surface area contributed by atoms with Gasteiger partial charge in [-0.1, -0.05) is 20.4 Å². The van der Waals surface area contributed by atoms with Gasteiger partial charge in [0.15, 0.2) is 0 Å². The van der Waals surface area contributed by atoms with Gasteiger partial charge in [-0.2, -0.15) is 0 Å². The smallest absolute Gasteiger partial charge is 0.118 e. The SMILES string of the molecule is C=C(OC)c1ccc(NC(CC)CC)c(N)c1. The normalized spacial score (nSPS) is 10.4. The molecule has 0 spiro atoms. The third-order valence-electron chi connectivity index (χ3n) is 2.97.